The normalized spacial score (nSPS) is 30.7. The van der Waals surface area contributed by atoms with Crippen LogP contribution in [-0.2, 0) is 4.74 Å². The molecule has 24 heavy (non-hydrogen) atoms. The number of alkyl carbamates (subject to hydrolysis) is 1. The van der Waals surface area contributed by atoms with Gasteiger partial charge in [-0.25, -0.2) is 0 Å². The van der Waals surface area contributed by atoms with E-state index < -0.39 is 36.0 Å². The summed E-state index contributed by atoms with van der Waals surface area (Å²) in [6.07, 6.45) is -3.80. The van der Waals surface area contributed by atoms with Gasteiger partial charge in [-0.15, -0.1) is 0 Å². The molecule has 6 nitrogen and oxygen atoms in total. The summed E-state index contributed by atoms with van der Waals surface area (Å²) in [5, 5.41) is 33.2. The van der Waals surface area contributed by atoms with Gasteiger partial charge in [-0.2, -0.15) is 0 Å². The minimum absolute atomic E-state index is 0.0876. The van der Waals surface area contributed by atoms with Crippen LogP contribution in [0.4, 0.5) is 4.79 Å². The Morgan fingerprint density at radius 3 is 2.33 bits per heavy atom. The molecule has 1 amide bonds. The molecule has 1 aliphatic carbocycles. The molecule has 0 aliphatic heterocycles. The van der Waals surface area contributed by atoms with Gasteiger partial charge in [0.05, 0.1) is 0 Å². The fraction of sp³-hybridized carbons (Fsp3) is 0.588. The first kappa shape index (κ1) is 19.2. The minimum atomic E-state index is -1.30. The Kier molecular flexibility index (Phi) is 6.28. The first-order valence-electron chi connectivity index (χ1n) is 7.93. The fourth-order valence-corrected chi connectivity index (χ4v) is 5.24. The Morgan fingerprint density at radius 1 is 1.12 bits per heavy atom. The monoisotopic (exact) mass is 403 g/mol. The molecule has 0 saturated heterocycles. The zero-order valence-electron chi connectivity index (χ0n) is 14.0. The van der Waals surface area contributed by atoms with Crippen LogP contribution >= 0.6 is 0 Å². The van der Waals surface area contributed by atoms with E-state index in [2.05, 4.69) is 5.32 Å². The summed E-state index contributed by atoms with van der Waals surface area (Å²) in [5.41, 5.74) is -0.644. The van der Waals surface area contributed by atoms with Gasteiger partial charge in [0.1, 0.15) is 0 Å². The topological polar surface area (TPSA) is 99.0 Å². The molecule has 0 spiro atoms. The van der Waals surface area contributed by atoms with Gasteiger partial charge in [-0.1, -0.05) is 0 Å². The molecule has 1 saturated carbocycles. The van der Waals surface area contributed by atoms with E-state index in [0.29, 0.717) is 6.42 Å². The Labute approximate surface area is 148 Å². The summed E-state index contributed by atoms with van der Waals surface area (Å²) in [7, 11) is 0. The Morgan fingerprint density at radius 2 is 1.75 bits per heavy atom. The number of carbonyl (C=O) groups is 1. The fourth-order valence-electron chi connectivity index (χ4n) is 2.58. The molecular weight excluding hydrogens is 377 g/mol. The van der Waals surface area contributed by atoms with Gasteiger partial charge in [0, 0.05) is 0 Å². The number of nitrogens with one attached hydrogen (secondary N) is 1. The second-order valence-electron chi connectivity index (χ2n) is 6.93. The number of ether oxygens (including phenoxy) is 1. The van der Waals surface area contributed by atoms with Crippen molar-refractivity contribution in [3.8, 4) is 0 Å². The van der Waals surface area contributed by atoms with Crippen molar-refractivity contribution in [2.24, 2.45) is 0 Å². The van der Waals surface area contributed by atoms with Crippen molar-refractivity contribution in [1.29, 1.82) is 0 Å². The van der Waals surface area contributed by atoms with Gasteiger partial charge < -0.3 is 0 Å². The summed E-state index contributed by atoms with van der Waals surface area (Å²) in [5.74, 6) is 0. The summed E-state index contributed by atoms with van der Waals surface area (Å²) in [6, 6.07) is 9.06. The van der Waals surface area contributed by atoms with Gasteiger partial charge in [0.2, 0.25) is 0 Å². The van der Waals surface area contributed by atoms with E-state index in [4.69, 9.17) is 4.74 Å². The van der Waals surface area contributed by atoms with Gasteiger partial charge in [0.25, 0.3) is 0 Å². The van der Waals surface area contributed by atoms with Gasteiger partial charge in [0.15, 0.2) is 0 Å². The Hall–Kier alpha value is -1.11. The molecule has 0 bridgehead atoms. The number of aliphatic hydroxyl groups excluding tert-OH is 3. The van der Waals surface area contributed by atoms with Crippen molar-refractivity contribution in [3.05, 3.63) is 30.3 Å². The van der Waals surface area contributed by atoms with E-state index in [1.165, 1.54) is 0 Å². The second-order valence-corrected chi connectivity index (χ2v) is 9.68. The van der Waals surface area contributed by atoms with Gasteiger partial charge >= 0.3 is 148 Å². The third-order valence-electron chi connectivity index (χ3n) is 3.71. The molecule has 4 N–H and O–H groups in total. The van der Waals surface area contributed by atoms with Crippen molar-refractivity contribution in [1.82, 2.24) is 5.32 Å². The van der Waals surface area contributed by atoms with Gasteiger partial charge in [-0.05, 0) is 0 Å². The van der Waals surface area contributed by atoms with Crippen LogP contribution in [0.2, 0.25) is 4.82 Å². The molecule has 1 aromatic carbocycles. The number of hydrogen-bond acceptors (Lipinski definition) is 5. The SMILES string of the molecule is CC(C)(C)OC(=O)N[C@H]1C[C@H]([Se]c2ccccc2)[C@@H](O)[C@@H](O)[C@H]1O. The molecule has 1 fully saturated rings. The van der Waals surface area contributed by atoms with Crippen molar-refractivity contribution >= 4 is 25.5 Å². The van der Waals surface area contributed by atoms with Crippen LogP contribution in [0.15, 0.2) is 30.3 Å². The van der Waals surface area contributed by atoms with E-state index in [0.717, 1.165) is 4.46 Å². The van der Waals surface area contributed by atoms with E-state index in [1.807, 2.05) is 30.3 Å². The van der Waals surface area contributed by atoms with Crippen LogP contribution in [0.3, 0.4) is 0 Å². The quantitative estimate of drug-likeness (QED) is 0.541. The Bertz CT molecular complexity index is 548. The van der Waals surface area contributed by atoms with Crippen molar-refractivity contribution in [2.45, 2.75) is 62.0 Å². The molecule has 0 radical (unpaired) electrons. The van der Waals surface area contributed by atoms with Crippen LogP contribution in [0.1, 0.15) is 27.2 Å². The van der Waals surface area contributed by atoms with Crippen LogP contribution < -0.4 is 9.78 Å². The zero-order valence-corrected chi connectivity index (χ0v) is 15.8. The number of amides is 1. The number of carbonyl (C=O) groups excluding carboxylic acids is 1. The summed E-state index contributed by atoms with van der Waals surface area (Å²) in [4.78, 5) is 11.7. The maximum absolute atomic E-state index is 11.9. The van der Waals surface area contributed by atoms with Crippen molar-refractivity contribution < 1.29 is 24.9 Å². The maximum atomic E-state index is 11.9. The molecule has 1 aliphatic rings. The van der Waals surface area contributed by atoms with Gasteiger partial charge in [-0.3, -0.25) is 0 Å². The number of benzene rings is 1. The first-order chi connectivity index (χ1) is 11.2. The molecule has 5 atom stereocenters. The third-order valence-corrected chi connectivity index (χ3v) is 6.48. The zero-order chi connectivity index (χ0) is 17.9. The van der Waals surface area contributed by atoms with Crippen LogP contribution in [0.25, 0.3) is 0 Å². The molecule has 0 aromatic heterocycles. The van der Waals surface area contributed by atoms with Crippen LogP contribution in [0.5, 0.6) is 0 Å². The average Bonchev–Trinajstić information content (AvgIpc) is 2.49. The van der Waals surface area contributed by atoms with E-state index in [9.17, 15) is 20.1 Å². The standard InChI is InChI=1S/C17H25NO5Se/c1-17(2,3)23-16(22)18-11-9-12(14(20)15(21)13(11)19)24-10-7-5-4-6-8-10/h4-8,11-15,19-21H,9H2,1-3H3,(H,18,22)/t11-,12-,13-,14+,15-/m0/s1. The van der Waals surface area contributed by atoms with E-state index in [1.54, 1.807) is 20.8 Å². The molecular formula is C17H25NO5Se. The van der Waals surface area contributed by atoms with Crippen molar-refractivity contribution in [2.75, 3.05) is 0 Å². The predicted octanol–water partition coefficient (Wildman–Crippen LogP) is 0.184. The number of aliphatic hydroxyl groups is 3. The third kappa shape index (κ3) is 5.19. The molecule has 134 valence electrons. The molecule has 7 heteroatoms. The number of hydrogen-bond donors (Lipinski definition) is 4. The molecule has 1 aromatic rings. The number of rotatable bonds is 3. The summed E-state index contributed by atoms with van der Waals surface area (Å²) in [6.45, 7) is 5.26. The van der Waals surface area contributed by atoms with Crippen molar-refractivity contribution in [3.63, 3.8) is 0 Å². The second kappa shape index (κ2) is 7.85. The Balaban J connectivity index is 2.04. The average molecular weight is 402 g/mol. The summed E-state index contributed by atoms with van der Waals surface area (Å²) >= 11 is -0.0876. The predicted molar refractivity (Wildman–Crippen MR) is 91.4 cm³/mol. The molecule has 2 rings (SSSR count). The first-order valence-corrected chi connectivity index (χ1v) is 9.77. The van der Waals surface area contributed by atoms with Crippen LogP contribution in [0, 0.1) is 0 Å². The molecule has 0 unspecified atom stereocenters. The molecule has 0 heterocycles. The summed E-state index contributed by atoms with van der Waals surface area (Å²) < 4.78 is 6.30. The van der Waals surface area contributed by atoms with Crippen LogP contribution in [-0.4, -0.2) is 66.3 Å². The van der Waals surface area contributed by atoms with E-state index in [-0.39, 0.29) is 19.8 Å². The van der Waals surface area contributed by atoms with E-state index >= 15 is 0 Å².